The molecule has 0 aromatic carbocycles. The lowest BCUT2D eigenvalue weighted by molar-refractivity contribution is 0.595. The first-order chi connectivity index (χ1) is 5.74. The van der Waals surface area contributed by atoms with Crippen molar-refractivity contribution in [3.05, 3.63) is 36.5 Å². The zero-order valence-corrected chi connectivity index (χ0v) is 8.09. The van der Waals surface area contributed by atoms with Gasteiger partial charge in [0.05, 0.1) is 0 Å². The van der Waals surface area contributed by atoms with Gasteiger partial charge in [-0.3, -0.25) is 0 Å². The third-order valence-electron chi connectivity index (χ3n) is 1.75. The number of allylic oxidation sites excluding steroid dienone is 5. The molecule has 0 radical (unpaired) electrons. The van der Waals surface area contributed by atoms with Gasteiger partial charge in [-0.15, -0.1) is 0 Å². The van der Waals surface area contributed by atoms with Crippen molar-refractivity contribution in [3.63, 3.8) is 0 Å². The number of nitrogens with two attached hydrogens (primary N) is 1. The SMILES string of the molecule is C=C/C(=C\C=C/C)CC(C)CN. The molecular formula is C11H19N. The van der Waals surface area contributed by atoms with Gasteiger partial charge in [-0.25, -0.2) is 0 Å². The summed E-state index contributed by atoms with van der Waals surface area (Å²) in [6.07, 6.45) is 9.03. The minimum absolute atomic E-state index is 0.541. The fraction of sp³-hybridized carbons (Fsp3) is 0.455. The fourth-order valence-electron chi connectivity index (χ4n) is 0.925. The van der Waals surface area contributed by atoms with E-state index in [1.165, 1.54) is 5.57 Å². The third kappa shape index (κ3) is 4.91. The Morgan fingerprint density at radius 3 is 2.67 bits per heavy atom. The first kappa shape index (κ1) is 11.2. The molecule has 0 spiro atoms. The molecule has 0 amide bonds. The van der Waals surface area contributed by atoms with Crippen LogP contribution in [0.15, 0.2) is 36.5 Å². The van der Waals surface area contributed by atoms with Crippen molar-refractivity contribution < 1.29 is 0 Å². The highest BCUT2D eigenvalue weighted by Gasteiger charge is 1.99. The molecule has 0 aromatic heterocycles. The van der Waals surface area contributed by atoms with E-state index in [9.17, 15) is 0 Å². The van der Waals surface area contributed by atoms with E-state index in [-0.39, 0.29) is 0 Å². The quantitative estimate of drug-likeness (QED) is 0.623. The predicted molar refractivity (Wildman–Crippen MR) is 55.9 cm³/mol. The van der Waals surface area contributed by atoms with E-state index >= 15 is 0 Å². The van der Waals surface area contributed by atoms with Crippen molar-refractivity contribution in [2.24, 2.45) is 11.7 Å². The van der Waals surface area contributed by atoms with E-state index in [0.717, 1.165) is 13.0 Å². The van der Waals surface area contributed by atoms with Gasteiger partial charge in [0.2, 0.25) is 0 Å². The summed E-state index contributed by atoms with van der Waals surface area (Å²) in [4.78, 5) is 0. The van der Waals surface area contributed by atoms with Crippen molar-refractivity contribution >= 4 is 0 Å². The lowest BCUT2D eigenvalue weighted by Gasteiger charge is -2.07. The van der Waals surface area contributed by atoms with Crippen molar-refractivity contribution in [2.75, 3.05) is 6.54 Å². The molecule has 1 nitrogen and oxygen atoms in total. The van der Waals surface area contributed by atoms with Crippen LogP contribution in [0.25, 0.3) is 0 Å². The largest absolute Gasteiger partial charge is 0.330 e. The second kappa shape index (κ2) is 6.86. The molecule has 0 rings (SSSR count). The monoisotopic (exact) mass is 165 g/mol. The van der Waals surface area contributed by atoms with Crippen molar-refractivity contribution in [2.45, 2.75) is 20.3 Å². The van der Waals surface area contributed by atoms with Gasteiger partial charge in [-0.05, 0) is 31.4 Å². The summed E-state index contributed by atoms with van der Waals surface area (Å²) < 4.78 is 0. The standard InChI is InChI=1S/C11H19N/c1-4-6-7-11(5-2)8-10(3)9-12/h4-7,10H,2,8-9,12H2,1,3H3/b6-4-,11-7+. The zero-order valence-electron chi connectivity index (χ0n) is 8.09. The molecule has 0 aromatic rings. The molecule has 0 aliphatic carbocycles. The Kier molecular flexibility index (Phi) is 6.39. The van der Waals surface area contributed by atoms with Crippen LogP contribution in [0.1, 0.15) is 20.3 Å². The molecular weight excluding hydrogens is 146 g/mol. The van der Waals surface area contributed by atoms with Gasteiger partial charge in [0.25, 0.3) is 0 Å². The van der Waals surface area contributed by atoms with Gasteiger partial charge in [0, 0.05) is 0 Å². The second-order valence-electron chi connectivity index (χ2n) is 3.02. The lowest BCUT2D eigenvalue weighted by atomic mass is 10.0. The summed E-state index contributed by atoms with van der Waals surface area (Å²) in [6, 6.07) is 0. The van der Waals surface area contributed by atoms with E-state index < -0.39 is 0 Å². The second-order valence-corrected chi connectivity index (χ2v) is 3.02. The van der Waals surface area contributed by atoms with Crippen LogP contribution in [0.3, 0.4) is 0 Å². The highest BCUT2D eigenvalue weighted by molar-refractivity contribution is 5.22. The van der Waals surface area contributed by atoms with Crippen LogP contribution >= 0.6 is 0 Å². The van der Waals surface area contributed by atoms with E-state index in [1.807, 2.05) is 25.2 Å². The van der Waals surface area contributed by atoms with E-state index in [4.69, 9.17) is 5.73 Å². The summed E-state index contributed by atoms with van der Waals surface area (Å²) >= 11 is 0. The highest BCUT2D eigenvalue weighted by Crippen LogP contribution is 2.10. The summed E-state index contributed by atoms with van der Waals surface area (Å²) in [5.41, 5.74) is 6.78. The molecule has 0 aliphatic rings. The van der Waals surface area contributed by atoms with Crippen LogP contribution in [0, 0.1) is 5.92 Å². The van der Waals surface area contributed by atoms with Crippen molar-refractivity contribution in [3.8, 4) is 0 Å². The van der Waals surface area contributed by atoms with Gasteiger partial charge in [-0.1, -0.05) is 37.8 Å². The first-order valence-corrected chi connectivity index (χ1v) is 4.39. The molecule has 1 heteroatoms. The maximum atomic E-state index is 5.52. The van der Waals surface area contributed by atoms with E-state index in [1.54, 1.807) is 0 Å². The molecule has 1 unspecified atom stereocenters. The predicted octanol–water partition coefficient (Wildman–Crippen LogP) is 2.66. The normalized spacial score (nSPS) is 15.1. The first-order valence-electron chi connectivity index (χ1n) is 4.39. The van der Waals surface area contributed by atoms with Crippen molar-refractivity contribution in [1.29, 1.82) is 0 Å². The fourth-order valence-corrected chi connectivity index (χ4v) is 0.925. The van der Waals surface area contributed by atoms with Gasteiger partial charge in [0.1, 0.15) is 0 Å². The molecule has 0 heterocycles. The maximum absolute atomic E-state index is 5.52. The molecule has 0 fully saturated rings. The van der Waals surface area contributed by atoms with Crippen LogP contribution in [0.4, 0.5) is 0 Å². The molecule has 2 N–H and O–H groups in total. The summed E-state index contributed by atoms with van der Waals surface area (Å²) in [6.45, 7) is 8.64. The van der Waals surface area contributed by atoms with Crippen LogP contribution in [0.5, 0.6) is 0 Å². The van der Waals surface area contributed by atoms with Crippen LogP contribution in [-0.2, 0) is 0 Å². The Hall–Kier alpha value is -0.820. The Morgan fingerprint density at radius 1 is 1.58 bits per heavy atom. The van der Waals surface area contributed by atoms with Crippen LogP contribution in [0.2, 0.25) is 0 Å². The van der Waals surface area contributed by atoms with Crippen molar-refractivity contribution in [1.82, 2.24) is 0 Å². The summed E-state index contributed by atoms with van der Waals surface area (Å²) in [5.74, 6) is 0.541. The number of hydrogen-bond donors (Lipinski definition) is 1. The minimum atomic E-state index is 0.541. The Morgan fingerprint density at radius 2 is 2.25 bits per heavy atom. The molecule has 0 saturated heterocycles. The van der Waals surface area contributed by atoms with Gasteiger partial charge in [0.15, 0.2) is 0 Å². The highest BCUT2D eigenvalue weighted by atomic mass is 14.5. The maximum Gasteiger partial charge on any atom is -0.00483 e. The van der Waals surface area contributed by atoms with E-state index in [0.29, 0.717) is 5.92 Å². The van der Waals surface area contributed by atoms with Crippen LogP contribution < -0.4 is 5.73 Å². The molecule has 12 heavy (non-hydrogen) atoms. The Bertz CT molecular complexity index is 177. The minimum Gasteiger partial charge on any atom is -0.330 e. The topological polar surface area (TPSA) is 26.0 Å². The molecule has 0 bridgehead atoms. The zero-order chi connectivity index (χ0) is 9.40. The van der Waals surface area contributed by atoms with Gasteiger partial charge < -0.3 is 5.73 Å². The van der Waals surface area contributed by atoms with Gasteiger partial charge >= 0.3 is 0 Å². The Labute approximate surface area is 75.7 Å². The molecule has 68 valence electrons. The third-order valence-corrected chi connectivity index (χ3v) is 1.75. The smallest absolute Gasteiger partial charge is 0.00483 e. The van der Waals surface area contributed by atoms with E-state index in [2.05, 4.69) is 19.6 Å². The summed E-state index contributed by atoms with van der Waals surface area (Å²) in [5, 5.41) is 0. The Balaban J connectivity index is 4.07. The average Bonchev–Trinajstić information content (AvgIpc) is 2.11. The lowest BCUT2D eigenvalue weighted by Crippen LogP contribution is -2.10. The summed E-state index contributed by atoms with van der Waals surface area (Å²) in [7, 11) is 0. The molecule has 0 saturated carbocycles. The number of hydrogen-bond acceptors (Lipinski definition) is 1. The molecule has 0 aliphatic heterocycles. The number of rotatable bonds is 5. The van der Waals surface area contributed by atoms with Crippen LogP contribution in [-0.4, -0.2) is 6.54 Å². The average molecular weight is 165 g/mol. The molecule has 1 atom stereocenters. The van der Waals surface area contributed by atoms with Gasteiger partial charge in [-0.2, -0.15) is 0 Å².